The Kier molecular flexibility index (Phi) is 13.2. The van der Waals surface area contributed by atoms with Gasteiger partial charge in [-0.1, -0.05) is 139 Å². The number of aromatic amines is 2. The largest absolute Gasteiger partial charge is 0.354 e. The summed E-state index contributed by atoms with van der Waals surface area (Å²) in [5.41, 5.74) is 7.87. The van der Waals surface area contributed by atoms with E-state index in [0.29, 0.717) is 109 Å². The average molecular weight is 1090 g/mol. The van der Waals surface area contributed by atoms with Crippen LogP contribution in [-0.2, 0) is 19.5 Å². The van der Waals surface area contributed by atoms with Gasteiger partial charge in [-0.3, -0.25) is 0 Å². The van der Waals surface area contributed by atoms with Crippen molar-refractivity contribution in [3.05, 3.63) is 156 Å². The topological polar surface area (TPSA) is 57.4 Å². The molecule has 2 N–H and O–H groups in total. The van der Waals surface area contributed by atoms with E-state index < -0.39 is 0 Å². The summed E-state index contributed by atoms with van der Waals surface area (Å²) in [6.07, 6.45) is 7.32. The van der Waals surface area contributed by atoms with Gasteiger partial charge < -0.3 is 9.97 Å². The van der Waals surface area contributed by atoms with Crippen molar-refractivity contribution < 1.29 is 19.5 Å². The fraction of sp³-hybridized carbons (Fsp3) is 0. The summed E-state index contributed by atoms with van der Waals surface area (Å²) >= 11 is 82.4. The van der Waals surface area contributed by atoms with Gasteiger partial charge in [-0.15, -0.1) is 0 Å². The second kappa shape index (κ2) is 17.9. The minimum absolute atomic E-state index is 0. The van der Waals surface area contributed by atoms with Crippen molar-refractivity contribution in [3.8, 4) is 44.5 Å². The maximum Gasteiger partial charge on any atom is 0.0738 e. The standard InChI is InChI=1S/C44H18Cl12N4.Zn/c45-17-1-5-21(49)41(53)33(17)37-25-9-11-27(57-25)38(34-18(46)2-6-22(50)42(34)54)29-13-15-31(59-29)40(36-20(48)4-8-24(52)44(36)56)32-16-14-30(60-32)39(28-12-10-26(37)58-28)35-19(47)3-7-23(51)43(35)55;/h1-16,57,60H;. The summed E-state index contributed by atoms with van der Waals surface area (Å²) in [4.78, 5) is 17.5. The molecule has 9 rings (SSSR count). The Balaban J connectivity index is 0.00000514. The minimum Gasteiger partial charge on any atom is -0.354 e. The van der Waals surface area contributed by atoms with E-state index in [9.17, 15) is 0 Å². The van der Waals surface area contributed by atoms with Crippen LogP contribution in [-0.4, -0.2) is 19.9 Å². The van der Waals surface area contributed by atoms with E-state index in [0.717, 1.165) is 0 Å². The fourth-order valence-corrected chi connectivity index (χ4v) is 10.2. The smallest absolute Gasteiger partial charge is 0.0738 e. The summed E-state index contributed by atoms with van der Waals surface area (Å²) < 4.78 is 0. The van der Waals surface area contributed by atoms with Crippen molar-refractivity contribution in [1.82, 2.24) is 19.9 Å². The maximum absolute atomic E-state index is 6.99. The Morgan fingerprint density at radius 2 is 0.459 bits per heavy atom. The summed E-state index contributed by atoms with van der Waals surface area (Å²) in [6.45, 7) is 0. The van der Waals surface area contributed by atoms with Crippen LogP contribution in [0.4, 0.5) is 0 Å². The predicted octanol–water partition coefficient (Wildman–Crippen LogP) is 19.2. The van der Waals surface area contributed by atoms with E-state index in [-0.39, 0.29) is 59.7 Å². The Hall–Kier alpha value is -2.42. The minimum atomic E-state index is 0. The molecule has 5 heterocycles. The molecule has 0 unspecified atom stereocenters. The molecule has 0 saturated heterocycles. The van der Waals surface area contributed by atoms with Crippen molar-refractivity contribution in [2.45, 2.75) is 0 Å². The van der Waals surface area contributed by atoms with Crippen LogP contribution < -0.4 is 0 Å². The number of nitrogens with one attached hydrogen (secondary N) is 2. The van der Waals surface area contributed by atoms with Crippen molar-refractivity contribution in [2.24, 2.45) is 0 Å². The van der Waals surface area contributed by atoms with Crippen molar-refractivity contribution in [1.29, 1.82) is 0 Å². The average Bonchev–Trinajstić information content (AvgIpc) is 4.07. The molecule has 0 saturated carbocycles. The number of H-pyrrole nitrogens is 2. The number of hydrogen-bond donors (Lipinski definition) is 2. The summed E-state index contributed by atoms with van der Waals surface area (Å²) in [5, 5.41) is 3.25. The molecule has 0 fully saturated rings. The van der Waals surface area contributed by atoms with E-state index in [4.69, 9.17) is 149 Å². The van der Waals surface area contributed by atoms with E-state index in [1.807, 2.05) is 48.6 Å². The molecule has 17 heteroatoms. The van der Waals surface area contributed by atoms with Gasteiger partial charge in [-0.25, -0.2) is 9.97 Å². The first-order valence-corrected chi connectivity index (χ1v) is 22.0. The van der Waals surface area contributed by atoms with Crippen LogP contribution in [0.15, 0.2) is 72.8 Å². The third kappa shape index (κ3) is 7.95. The van der Waals surface area contributed by atoms with Crippen LogP contribution in [0.2, 0.25) is 60.3 Å². The number of hydrogen-bond acceptors (Lipinski definition) is 2. The normalized spacial score (nSPS) is 12.0. The zero-order valence-corrected chi connectivity index (χ0v) is 42.4. The molecule has 0 spiro atoms. The number of halogens is 12. The van der Waals surface area contributed by atoms with Gasteiger partial charge in [0.2, 0.25) is 0 Å². The summed E-state index contributed by atoms with van der Waals surface area (Å²) in [5.74, 6) is 0. The molecule has 2 aliphatic heterocycles. The van der Waals surface area contributed by atoms with Gasteiger partial charge >= 0.3 is 0 Å². The number of fused-ring (bicyclic) bond motifs is 8. The Morgan fingerprint density at radius 3 is 0.672 bits per heavy atom. The van der Waals surface area contributed by atoms with Gasteiger partial charge in [-0.05, 0) is 97.1 Å². The van der Waals surface area contributed by atoms with Crippen LogP contribution in [0.3, 0.4) is 0 Å². The Morgan fingerprint density at radius 1 is 0.262 bits per heavy atom. The van der Waals surface area contributed by atoms with Crippen LogP contribution in [0.25, 0.3) is 90.9 Å². The van der Waals surface area contributed by atoms with Gasteiger partial charge in [-0.2, -0.15) is 0 Å². The molecule has 4 nitrogen and oxygen atoms in total. The van der Waals surface area contributed by atoms with Gasteiger partial charge in [0.15, 0.2) is 0 Å². The van der Waals surface area contributed by atoms with Crippen LogP contribution in [0, 0.1) is 0 Å². The Labute approximate surface area is 421 Å². The van der Waals surface area contributed by atoms with Crippen LogP contribution in [0.5, 0.6) is 0 Å². The molecule has 8 bridgehead atoms. The first kappa shape index (κ1) is 45.2. The van der Waals surface area contributed by atoms with Gasteiger partial charge in [0, 0.05) is 86.1 Å². The predicted molar refractivity (Wildman–Crippen MR) is 261 cm³/mol. The zero-order chi connectivity index (χ0) is 42.3. The molecule has 0 amide bonds. The number of rotatable bonds is 4. The van der Waals surface area contributed by atoms with E-state index in [2.05, 4.69) is 9.97 Å². The summed E-state index contributed by atoms with van der Waals surface area (Å²) in [7, 11) is 0. The van der Waals surface area contributed by atoms with E-state index >= 15 is 0 Å². The molecule has 2 aliphatic rings. The fourth-order valence-electron chi connectivity index (χ4n) is 7.28. The second-order valence-corrected chi connectivity index (χ2v) is 18.1. The van der Waals surface area contributed by atoms with E-state index in [1.54, 1.807) is 48.5 Å². The molecule has 7 aromatic rings. The molecular weight excluding hydrogens is 1080 g/mol. The number of benzene rings is 4. The Bertz CT molecular complexity index is 2840. The number of aromatic nitrogens is 4. The molecule has 61 heavy (non-hydrogen) atoms. The maximum atomic E-state index is 6.99. The second-order valence-electron chi connectivity index (χ2n) is 13.4. The third-order valence-corrected chi connectivity index (χ3v) is 14.4. The molecule has 3 aromatic heterocycles. The first-order chi connectivity index (χ1) is 28.7. The van der Waals surface area contributed by atoms with Gasteiger partial charge in [0.25, 0.3) is 0 Å². The molecule has 0 radical (unpaired) electrons. The van der Waals surface area contributed by atoms with E-state index in [1.165, 1.54) is 0 Å². The zero-order valence-electron chi connectivity index (χ0n) is 30.4. The van der Waals surface area contributed by atoms with Crippen molar-refractivity contribution >= 4 is 186 Å². The van der Waals surface area contributed by atoms with Crippen LogP contribution in [0.1, 0.15) is 22.8 Å². The quantitative estimate of drug-likeness (QED) is 0.136. The SMILES string of the molecule is Clc1ccc(Cl)c(-c2c3nc(c(-c4c(Cl)ccc(Cl)c4Cl)c4ccc([nH]4)c(-c4c(Cl)ccc(Cl)c4Cl)c4nc(c(-c5c(Cl)ccc(Cl)c5Cl)c5ccc2[nH]5)C=C4)C=C3)c1Cl.[Zn]. The molecule has 0 aliphatic carbocycles. The molecule has 0 atom stereocenters. The van der Waals surface area contributed by atoms with Gasteiger partial charge in [0.1, 0.15) is 0 Å². The monoisotopic (exact) mass is 1090 g/mol. The first-order valence-electron chi connectivity index (χ1n) is 17.4. The molecular formula is C44H18Cl12N4Zn. The van der Waals surface area contributed by atoms with Crippen molar-refractivity contribution in [2.75, 3.05) is 0 Å². The summed E-state index contributed by atoms with van der Waals surface area (Å²) in [6, 6.07) is 20.6. The van der Waals surface area contributed by atoms with Crippen LogP contribution >= 0.6 is 139 Å². The molecule has 300 valence electrons. The van der Waals surface area contributed by atoms with Gasteiger partial charge in [0.05, 0.1) is 83.0 Å². The number of nitrogens with zero attached hydrogens (tertiary/aromatic N) is 2. The molecule has 4 aromatic carbocycles. The van der Waals surface area contributed by atoms with Crippen molar-refractivity contribution in [3.63, 3.8) is 0 Å². The third-order valence-electron chi connectivity index (χ3n) is 9.93.